The number of carboxylic acid groups (broad SMARTS) is 1. The van der Waals surface area contributed by atoms with Gasteiger partial charge in [0.05, 0.1) is 5.56 Å². The summed E-state index contributed by atoms with van der Waals surface area (Å²) < 4.78 is 1.04. The fourth-order valence-electron chi connectivity index (χ4n) is 1.20. The second kappa shape index (κ2) is 7.59. The number of nitrogens with one attached hydrogen (secondary N) is 2. The van der Waals surface area contributed by atoms with E-state index in [4.69, 9.17) is 5.11 Å². The third kappa shape index (κ3) is 5.43. The maximum absolute atomic E-state index is 10.3. The summed E-state index contributed by atoms with van der Waals surface area (Å²) in [6.45, 7) is 4.56. The van der Waals surface area contributed by atoms with Crippen LogP contribution in [0.5, 0.6) is 0 Å². The van der Waals surface area contributed by atoms with Crippen molar-refractivity contribution < 1.29 is 9.90 Å². The third-order valence-corrected chi connectivity index (χ3v) is 2.77. The van der Waals surface area contributed by atoms with Gasteiger partial charge in [-0.15, -0.1) is 0 Å². The van der Waals surface area contributed by atoms with E-state index in [-0.39, 0.29) is 0 Å². The van der Waals surface area contributed by atoms with Crippen molar-refractivity contribution in [2.45, 2.75) is 0 Å². The molecule has 1 aromatic carbocycles. The van der Waals surface area contributed by atoms with Crippen molar-refractivity contribution >= 4 is 28.6 Å². The first-order valence-electron chi connectivity index (χ1n) is 5.10. The Morgan fingerprint density at radius 3 is 1.81 bits per heavy atom. The Kier molecular flexibility index (Phi) is 6.36. The molecule has 0 bridgehead atoms. The highest BCUT2D eigenvalue weighted by Gasteiger charge is 1.98. The fourth-order valence-corrected chi connectivity index (χ4v) is 1.56. The lowest BCUT2D eigenvalue weighted by molar-refractivity contribution is 0.0697. The molecule has 0 saturated carbocycles. The van der Waals surface area contributed by atoms with E-state index in [2.05, 4.69) is 33.2 Å². The van der Waals surface area contributed by atoms with Gasteiger partial charge in [-0.1, -0.05) is 0 Å². The van der Waals surface area contributed by atoms with Crippen LogP contribution in [0.15, 0.2) is 24.3 Å². The Labute approximate surface area is 109 Å². The predicted octanol–water partition coefficient (Wildman–Crippen LogP) is 1.17. The Morgan fingerprint density at radius 2 is 1.50 bits per heavy atom. The smallest absolute Gasteiger partial charge is 0.335 e. The SMILES string of the molecule is C1CNCCN1.O=C(O)c1ccc(I)cc1. The van der Waals surface area contributed by atoms with Crippen LogP contribution in [0.2, 0.25) is 0 Å². The zero-order valence-electron chi connectivity index (χ0n) is 8.87. The number of aromatic carboxylic acids is 1. The molecule has 16 heavy (non-hydrogen) atoms. The number of hydrogen-bond acceptors (Lipinski definition) is 3. The van der Waals surface area contributed by atoms with Crippen molar-refractivity contribution in [1.82, 2.24) is 10.6 Å². The Bertz CT molecular complexity index is 312. The molecule has 1 fully saturated rings. The average Bonchev–Trinajstić information content (AvgIpc) is 2.32. The molecule has 0 aliphatic carbocycles. The van der Waals surface area contributed by atoms with Gasteiger partial charge in [0.1, 0.15) is 0 Å². The van der Waals surface area contributed by atoms with Crippen LogP contribution in [0.3, 0.4) is 0 Å². The van der Waals surface area contributed by atoms with Gasteiger partial charge in [0.2, 0.25) is 0 Å². The van der Waals surface area contributed by atoms with Crippen molar-refractivity contribution in [1.29, 1.82) is 0 Å². The Hall–Kier alpha value is -0.660. The molecule has 1 aliphatic heterocycles. The zero-order chi connectivity index (χ0) is 11.8. The minimum Gasteiger partial charge on any atom is -0.478 e. The van der Waals surface area contributed by atoms with E-state index in [1.54, 1.807) is 24.3 Å². The van der Waals surface area contributed by atoms with Gasteiger partial charge >= 0.3 is 5.97 Å². The summed E-state index contributed by atoms with van der Waals surface area (Å²) in [5, 5.41) is 14.9. The van der Waals surface area contributed by atoms with E-state index in [0.29, 0.717) is 5.56 Å². The number of carboxylic acids is 1. The van der Waals surface area contributed by atoms with Crippen molar-refractivity contribution in [3.05, 3.63) is 33.4 Å². The van der Waals surface area contributed by atoms with Gasteiger partial charge in [-0.25, -0.2) is 4.79 Å². The molecule has 1 aromatic rings. The molecule has 3 N–H and O–H groups in total. The van der Waals surface area contributed by atoms with Crippen LogP contribution in [0.4, 0.5) is 0 Å². The van der Waals surface area contributed by atoms with Crippen LogP contribution in [-0.2, 0) is 0 Å². The lowest BCUT2D eigenvalue weighted by atomic mass is 10.2. The summed E-state index contributed by atoms with van der Waals surface area (Å²) >= 11 is 2.13. The van der Waals surface area contributed by atoms with Gasteiger partial charge in [0.15, 0.2) is 0 Å². The minimum absolute atomic E-state index is 0.334. The molecule has 0 aromatic heterocycles. The van der Waals surface area contributed by atoms with Gasteiger partial charge in [-0.2, -0.15) is 0 Å². The molecule has 1 aliphatic rings. The Morgan fingerprint density at radius 1 is 1.06 bits per heavy atom. The molecular formula is C11H15IN2O2. The minimum atomic E-state index is -0.878. The van der Waals surface area contributed by atoms with E-state index >= 15 is 0 Å². The van der Waals surface area contributed by atoms with Gasteiger partial charge in [-0.3, -0.25) is 0 Å². The number of hydrogen-bond donors (Lipinski definition) is 3. The largest absolute Gasteiger partial charge is 0.478 e. The first kappa shape index (κ1) is 13.4. The number of rotatable bonds is 1. The van der Waals surface area contributed by atoms with Crippen molar-refractivity contribution in [2.24, 2.45) is 0 Å². The van der Waals surface area contributed by atoms with Crippen molar-refractivity contribution in [3.8, 4) is 0 Å². The van der Waals surface area contributed by atoms with Crippen molar-refractivity contribution in [2.75, 3.05) is 26.2 Å². The van der Waals surface area contributed by atoms with Crippen LogP contribution >= 0.6 is 22.6 Å². The topological polar surface area (TPSA) is 61.4 Å². The number of benzene rings is 1. The summed E-state index contributed by atoms with van der Waals surface area (Å²) in [7, 11) is 0. The van der Waals surface area contributed by atoms with E-state index in [9.17, 15) is 4.79 Å². The first-order chi connectivity index (χ1) is 7.70. The molecule has 0 radical (unpaired) electrons. The van der Waals surface area contributed by atoms with Gasteiger partial charge in [-0.05, 0) is 46.9 Å². The van der Waals surface area contributed by atoms with Gasteiger partial charge < -0.3 is 15.7 Å². The number of halogens is 1. The summed E-state index contributed by atoms with van der Waals surface area (Å²) in [4.78, 5) is 10.3. The molecule has 4 nitrogen and oxygen atoms in total. The molecule has 5 heteroatoms. The number of carbonyl (C=O) groups is 1. The summed E-state index contributed by atoms with van der Waals surface area (Å²) in [5.41, 5.74) is 0.334. The molecule has 0 spiro atoms. The zero-order valence-corrected chi connectivity index (χ0v) is 11.0. The van der Waals surface area contributed by atoms with Crippen LogP contribution in [-0.4, -0.2) is 37.3 Å². The van der Waals surface area contributed by atoms with Crippen molar-refractivity contribution in [3.63, 3.8) is 0 Å². The van der Waals surface area contributed by atoms with Gasteiger partial charge in [0.25, 0.3) is 0 Å². The highest BCUT2D eigenvalue weighted by Crippen LogP contribution is 2.05. The lowest BCUT2D eigenvalue weighted by Gasteiger charge is -2.11. The van der Waals surface area contributed by atoms with E-state index in [1.807, 2.05) is 0 Å². The molecular weight excluding hydrogens is 319 g/mol. The molecule has 2 rings (SSSR count). The lowest BCUT2D eigenvalue weighted by Crippen LogP contribution is -2.39. The molecule has 0 amide bonds. The monoisotopic (exact) mass is 334 g/mol. The summed E-state index contributed by atoms with van der Waals surface area (Å²) in [5.74, 6) is -0.878. The molecule has 88 valence electrons. The second-order valence-corrected chi connectivity index (χ2v) is 4.56. The van der Waals surface area contributed by atoms with E-state index in [1.165, 1.54) is 0 Å². The van der Waals surface area contributed by atoms with Crippen LogP contribution in [0, 0.1) is 3.57 Å². The van der Waals surface area contributed by atoms with Gasteiger partial charge in [0, 0.05) is 29.7 Å². The normalized spacial score (nSPS) is 14.8. The van der Waals surface area contributed by atoms with Crippen LogP contribution < -0.4 is 10.6 Å². The third-order valence-electron chi connectivity index (χ3n) is 2.05. The highest BCUT2D eigenvalue weighted by molar-refractivity contribution is 14.1. The quantitative estimate of drug-likeness (QED) is 0.675. The van der Waals surface area contributed by atoms with Crippen LogP contribution in [0.25, 0.3) is 0 Å². The maximum Gasteiger partial charge on any atom is 0.335 e. The molecule has 1 heterocycles. The predicted molar refractivity (Wildman–Crippen MR) is 71.9 cm³/mol. The maximum atomic E-state index is 10.3. The van der Waals surface area contributed by atoms with Crippen LogP contribution in [0.1, 0.15) is 10.4 Å². The molecule has 1 saturated heterocycles. The standard InChI is InChI=1S/C7H5IO2.C4H10N2/c8-6-3-1-5(2-4-6)7(9)10;1-2-6-4-3-5-1/h1-4H,(H,9,10);5-6H,1-4H2. The number of piperazine rings is 1. The summed E-state index contributed by atoms with van der Waals surface area (Å²) in [6.07, 6.45) is 0. The van der Waals surface area contributed by atoms with E-state index in [0.717, 1.165) is 29.7 Å². The highest BCUT2D eigenvalue weighted by atomic mass is 127. The molecule has 0 unspecified atom stereocenters. The van der Waals surface area contributed by atoms with E-state index < -0.39 is 5.97 Å². The molecule has 0 atom stereocenters. The second-order valence-electron chi connectivity index (χ2n) is 3.31. The summed E-state index contributed by atoms with van der Waals surface area (Å²) in [6, 6.07) is 6.71. The first-order valence-corrected chi connectivity index (χ1v) is 6.18. The fraction of sp³-hybridized carbons (Fsp3) is 0.364. The Balaban J connectivity index is 0.000000181. The average molecular weight is 334 g/mol.